The topological polar surface area (TPSA) is 0 Å². The molecule has 2 radical (unpaired) electrons. The zero-order valence-electron chi connectivity index (χ0n) is 6.52. The van der Waals surface area contributed by atoms with Crippen molar-refractivity contribution in [2.24, 2.45) is 0 Å². The van der Waals surface area contributed by atoms with Gasteiger partial charge in [-0.05, 0) is 0 Å². The monoisotopic (exact) mass is 200 g/mol. The first kappa shape index (κ1) is 11.1. The zero-order valence-corrected chi connectivity index (χ0v) is 11.4. The summed E-state index contributed by atoms with van der Waals surface area (Å²) in [5.74, 6) is 0. The Hall–Kier alpha value is 1.09. The number of benzene rings is 1. The molecule has 0 nitrogen and oxygen atoms in total. The number of rotatable bonds is 1. The second-order valence-corrected chi connectivity index (χ2v) is 2.01. The van der Waals surface area contributed by atoms with Crippen molar-refractivity contribution in [3.05, 3.63) is 29.8 Å². The van der Waals surface area contributed by atoms with Gasteiger partial charge < -0.3 is 0 Å². The summed E-state index contributed by atoms with van der Waals surface area (Å²) >= 11 is 0. The summed E-state index contributed by atoms with van der Waals surface area (Å²) in [4.78, 5) is 0. The average molecular weight is 200 g/mol. The third-order valence-corrected chi connectivity index (χ3v) is 1.31. The van der Waals surface area contributed by atoms with Crippen LogP contribution in [0.25, 0.3) is 0 Å². The molecule has 0 aromatic heterocycles. The molecule has 0 saturated carbocycles. The maximum absolute atomic E-state index is 5.43. The molecule has 0 saturated heterocycles. The van der Waals surface area contributed by atoms with Crippen LogP contribution in [0.1, 0.15) is 12.5 Å². The van der Waals surface area contributed by atoms with E-state index in [1.54, 1.807) is 0 Å². The second-order valence-electron chi connectivity index (χ2n) is 2.01. The average Bonchev–Trinajstić information content (AvgIpc) is 1.90. The van der Waals surface area contributed by atoms with Gasteiger partial charge in [0.1, 0.15) is 0 Å². The van der Waals surface area contributed by atoms with Gasteiger partial charge in [-0.1, -0.05) is 13.3 Å². The van der Waals surface area contributed by atoms with Crippen LogP contribution < -0.4 is 63.7 Å². The normalized spacial score (nSPS) is 8.50. The zero-order chi connectivity index (χ0) is 6.69. The van der Waals surface area contributed by atoms with Crippen LogP contribution in [0.5, 0.6) is 0 Å². The quantitative estimate of drug-likeness (QED) is 0.358. The summed E-state index contributed by atoms with van der Waals surface area (Å²) in [6.45, 7) is 2.11. The van der Waals surface area contributed by atoms with E-state index >= 15 is 0 Å². The van der Waals surface area contributed by atoms with Crippen LogP contribution in [0.4, 0.5) is 0 Å². The third kappa shape index (κ3) is 3.47. The van der Waals surface area contributed by atoms with E-state index in [0.29, 0.717) is 5.46 Å². The fourth-order valence-corrected chi connectivity index (χ4v) is 0.689. The van der Waals surface area contributed by atoms with Gasteiger partial charge in [0.05, 0.1) is 7.85 Å². The van der Waals surface area contributed by atoms with Crippen molar-refractivity contribution >= 4 is 13.3 Å². The molecule has 0 spiro atoms. The second kappa shape index (κ2) is 5.70. The predicted octanol–water partition coefficient (Wildman–Crippen LogP) is -2.15. The minimum absolute atomic E-state index is 0. The van der Waals surface area contributed by atoms with Crippen LogP contribution in [0.2, 0.25) is 0 Å². The van der Waals surface area contributed by atoms with E-state index in [1.807, 2.05) is 18.2 Å². The third-order valence-electron chi connectivity index (χ3n) is 1.31. The Kier molecular flexibility index (Phi) is 6.33. The van der Waals surface area contributed by atoms with E-state index in [0.717, 1.165) is 6.42 Å². The minimum atomic E-state index is 0. The van der Waals surface area contributed by atoms with E-state index in [2.05, 4.69) is 13.0 Å². The van der Waals surface area contributed by atoms with Crippen LogP contribution >= 0.6 is 0 Å². The SMILES string of the molecule is [B]c1[c-]cc(CC)cc1.[Rb+]. The predicted molar refractivity (Wildman–Crippen MR) is 40.0 cm³/mol. The van der Waals surface area contributed by atoms with E-state index < -0.39 is 0 Å². The van der Waals surface area contributed by atoms with Crippen molar-refractivity contribution in [1.29, 1.82) is 0 Å². The molecular formula is C8H8BRb. The maximum atomic E-state index is 5.43. The fourth-order valence-electron chi connectivity index (χ4n) is 0.689. The van der Waals surface area contributed by atoms with Crippen LogP contribution in [-0.2, 0) is 6.42 Å². The molecule has 0 heterocycles. The van der Waals surface area contributed by atoms with Gasteiger partial charge in [0, 0.05) is 0 Å². The largest absolute Gasteiger partial charge is 1.00 e. The molecule has 1 aromatic carbocycles. The first-order chi connectivity index (χ1) is 4.33. The number of hydrogen-bond acceptors (Lipinski definition) is 0. The van der Waals surface area contributed by atoms with Crippen LogP contribution in [0.15, 0.2) is 18.2 Å². The first-order valence-electron chi connectivity index (χ1n) is 3.09. The molecule has 0 atom stereocenters. The number of aryl methyl sites for hydroxylation is 1. The van der Waals surface area contributed by atoms with Crippen molar-refractivity contribution in [3.8, 4) is 0 Å². The van der Waals surface area contributed by atoms with Gasteiger partial charge in [0.2, 0.25) is 0 Å². The minimum Gasteiger partial charge on any atom is -0.206 e. The van der Waals surface area contributed by atoms with E-state index in [1.165, 1.54) is 5.56 Å². The molecule has 1 rings (SSSR count). The summed E-state index contributed by atoms with van der Waals surface area (Å²) in [6, 6.07) is 8.75. The van der Waals surface area contributed by atoms with Gasteiger partial charge in [0.25, 0.3) is 0 Å². The Morgan fingerprint density at radius 3 is 2.60 bits per heavy atom. The van der Waals surface area contributed by atoms with Crippen molar-refractivity contribution < 1.29 is 58.2 Å². The summed E-state index contributed by atoms with van der Waals surface area (Å²) in [7, 11) is 5.43. The molecular weight excluding hydrogens is 192 g/mol. The molecule has 0 aliphatic carbocycles. The summed E-state index contributed by atoms with van der Waals surface area (Å²) in [5, 5.41) is 0. The summed E-state index contributed by atoms with van der Waals surface area (Å²) in [6.07, 6.45) is 1.05. The first-order valence-corrected chi connectivity index (χ1v) is 3.09. The van der Waals surface area contributed by atoms with Gasteiger partial charge in [-0.2, -0.15) is 29.8 Å². The molecule has 1 aromatic rings. The molecule has 0 N–H and O–H groups in total. The van der Waals surface area contributed by atoms with Crippen molar-refractivity contribution in [3.63, 3.8) is 0 Å². The van der Waals surface area contributed by atoms with E-state index in [9.17, 15) is 0 Å². The smallest absolute Gasteiger partial charge is 0.206 e. The Morgan fingerprint density at radius 2 is 2.20 bits per heavy atom. The molecule has 0 unspecified atom stereocenters. The Morgan fingerprint density at radius 1 is 1.50 bits per heavy atom. The molecule has 0 fully saturated rings. The number of hydrogen-bond donors (Lipinski definition) is 0. The fraction of sp³-hybridized carbons (Fsp3) is 0.250. The molecule has 0 amide bonds. The molecule has 44 valence electrons. The van der Waals surface area contributed by atoms with Crippen LogP contribution in [0.3, 0.4) is 0 Å². The molecule has 0 aliphatic heterocycles. The van der Waals surface area contributed by atoms with Crippen molar-refractivity contribution in [1.82, 2.24) is 0 Å². The van der Waals surface area contributed by atoms with Crippen molar-refractivity contribution in [2.75, 3.05) is 0 Å². The summed E-state index contributed by atoms with van der Waals surface area (Å²) < 4.78 is 0. The van der Waals surface area contributed by atoms with E-state index in [-0.39, 0.29) is 58.2 Å². The van der Waals surface area contributed by atoms with Gasteiger partial charge >= 0.3 is 58.2 Å². The van der Waals surface area contributed by atoms with E-state index in [4.69, 9.17) is 7.85 Å². The standard InChI is InChI=1S/C8H8B.Rb/c1-2-7-3-5-8(9)6-4-7;/h3-5H,2H2,1H3;/q-1;+1. The Balaban J connectivity index is 0.000000810. The Bertz CT molecular complexity index is 181. The van der Waals surface area contributed by atoms with Crippen LogP contribution in [0, 0.1) is 6.07 Å². The Labute approximate surface area is 113 Å². The molecule has 0 bridgehead atoms. The molecule has 0 aliphatic rings. The van der Waals surface area contributed by atoms with Gasteiger partial charge in [-0.3, -0.25) is 0 Å². The summed E-state index contributed by atoms with van der Waals surface area (Å²) in [5.41, 5.74) is 2.00. The van der Waals surface area contributed by atoms with Crippen molar-refractivity contribution in [2.45, 2.75) is 13.3 Å². The molecule has 10 heavy (non-hydrogen) atoms. The van der Waals surface area contributed by atoms with Gasteiger partial charge in [0.15, 0.2) is 0 Å². The molecule has 2 heteroatoms. The van der Waals surface area contributed by atoms with Crippen LogP contribution in [-0.4, -0.2) is 7.85 Å². The maximum Gasteiger partial charge on any atom is 1.00 e. The van der Waals surface area contributed by atoms with Gasteiger partial charge in [-0.15, -0.1) is 0 Å². The van der Waals surface area contributed by atoms with Gasteiger partial charge in [-0.25, -0.2) is 5.46 Å².